The molecule has 4 heterocycles. The van der Waals surface area contributed by atoms with Gasteiger partial charge in [-0.1, -0.05) is 42.5 Å². The number of ether oxygens (including phenoxy) is 5. The quantitative estimate of drug-likeness (QED) is 0.152. The third-order valence-corrected chi connectivity index (χ3v) is 11.2. The Labute approximate surface area is 331 Å². The van der Waals surface area contributed by atoms with Crippen molar-refractivity contribution in [3.63, 3.8) is 0 Å². The molecule has 15 heteroatoms. The lowest BCUT2D eigenvalue weighted by molar-refractivity contribution is -0.157. The first-order valence-corrected chi connectivity index (χ1v) is 20.3. The zero-order valence-corrected chi connectivity index (χ0v) is 33.1. The number of carbonyl (C=O) groups is 2. The second kappa shape index (κ2) is 16.8. The molecule has 0 bridgehead atoms. The van der Waals surface area contributed by atoms with Crippen LogP contribution in [0.1, 0.15) is 42.3 Å². The zero-order chi connectivity index (χ0) is 40.3. The third-order valence-electron chi connectivity index (χ3n) is 10.2. The molecular weight excluding hydrogens is 751 g/mol. The van der Waals surface area contributed by atoms with Crippen molar-refractivity contribution in [2.24, 2.45) is 5.14 Å². The number of sulfonamides is 1. The number of amides is 2. The predicted molar refractivity (Wildman–Crippen MR) is 213 cm³/mol. The van der Waals surface area contributed by atoms with Crippen LogP contribution in [0.3, 0.4) is 0 Å². The van der Waals surface area contributed by atoms with Gasteiger partial charge in [0.2, 0.25) is 28.6 Å². The standard InChI is InChI=1S/C22H19N3O4.C20H28N2O5S/c1-24-10-19(26)25-16(22(24)27)9-14-13-4-2-3-5-15(13)23-20(14)21(25)12-6-7-17-18(8-12)29-11-28-17;1-4-26-17-7-5-6-8-18(17)27-12-11-22-15(2)13-16-9-10-19(25-3)20(14-16)28(21,23)24/h2-8,16,21,23H,9-11H2,1H3;5-10,14-15,22H,4,11-13H2,1-3H3,(H2,21,23,24)/t16-,21-;15-/m11/s1. The lowest BCUT2D eigenvalue weighted by atomic mass is 9.86. The number of aromatic amines is 1. The van der Waals surface area contributed by atoms with Crippen LogP contribution in [0.15, 0.2) is 89.8 Å². The number of piperazine rings is 1. The highest BCUT2D eigenvalue weighted by Crippen LogP contribution is 2.44. The number of primary sulfonamides is 1. The fourth-order valence-electron chi connectivity index (χ4n) is 7.64. The summed E-state index contributed by atoms with van der Waals surface area (Å²) >= 11 is 0. The van der Waals surface area contributed by atoms with E-state index >= 15 is 0 Å². The first-order chi connectivity index (χ1) is 27.5. The molecule has 5 aromatic rings. The van der Waals surface area contributed by atoms with Crippen LogP contribution in [0, 0.1) is 0 Å². The number of methoxy groups -OCH3 is 1. The Kier molecular flexibility index (Phi) is 11.6. The Bertz CT molecular complexity index is 2380. The molecule has 0 spiro atoms. The van der Waals surface area contributed by atoms with E-state index in [1.54, 1.807) is 24.1 Å². The van der Waals surface area contributed by atoms with Gasteiger partial charge in [0.15, 0.2) is 23.0 Å². The molecule has 4 N–H and O–H groups in total. The molecule has 1 aromatic heterocycles. The van der Waals surface area contributed by atoms with Gasteiger partial charge in [0.1, 0.15) is 23.3 Å². The first kappa shape index (κ1) is 39.5. The molecule has 0 aliphatic carbocycles. The summed E-state index contributed by atoms with van der Waals surface area (Å²) < 4.78 is 50.9. The number of nitrogens with one attached hydrogen (secondary N) is 2. The average Bonchev–Trinajstić information content (AvgIpc) is 3.83. The van der Waals surface area contributed by atoms with Crippen LogP contribution in [0.4, 0.5) is 0 Å². The number of H-pyrrole nitrogens is 1. The number of likely N-dealkylation sites (N-methyl/N-ethyl adjacent to an activating group) is 1. The molecule has 8 rings (SSSR count). The van der Waals surface area contributed by atoms with E-state index in [4.69, 9.17) is 28.8 Å². The number of benzene rings is 4. The van der Waals surface area contributed by atoms with Gasteiger partial charge in [-0.05, 0) is 79.4 Å². The summed E-state index contributed by atoms with van der Waals surface area (Å²) in [5, 5.41) is 9.73. The van der Waals surface area contributed by atoms with E-state index < -0.39 is 16.1 Å². The maximum Gasteiger partial charge on any atom is 0.245 e. The van der Waals surface area contributed by atoms with Crippen LogP contribution >= 0.6 is 0 Å². The van der Waals surface area contributed by atoms with Crippen molar-refractivity contribution in [3.8, 4) is 28.7 Å². The molecule has 300 valence electrons. The molecule has 2 amide bonds. The highest BCUT2D eigenvalue weighted by atomic mass is 32.2. The topological polar surface area (TPSA) is 175 Å². The van der Waals surface area contributed by atoms with Crippen molar-refractivity contribution in [3.05, 3.63) is 107 Å². The van der Waals surface area contributed by atoms with Crippen LogP contribution in [0.2, 0.25) is 0 Å². The van der Waals surface area contributed by atoms with Gasteiger partial charge in [0.25, 0.3) is 0 Å². The van der Waals surface area contributed by atoms with Gasteiger partial charge >= 0.3 is 0 Å². The number of hydrogen-bond acceptors (Lipinski definition) is 10. The smallest absolute Gasteiger partial charge is 0.245 e. The number of nitrogens with two attached hydrogens (primary N) is 1. The Morgan fingerprint density at radius 1 is 0.947 bits per heavy atom. The minimum Gasteiger partial charge on any atom is -0.495 e. The highest BCUT2D eigenvalue weighted by Gasteiger charge is 2.47. The maximum atomic E-state index is 13.1. The first-order valence-electron chi connectivity index (χ1n) is 18.8. The summed E-state index contributed by atoms with van der Waals surface area (Å²) in [4.78, 5) is 32.9. The van der Waals surface area contributed by atoms with Crippen LogP contribution in [-0.4, -0.2) is 94.4 Å². The third kappa shape index (κ3) is 8.36. The molecule has 0 saturated carbocycles. The van der Waals surface area contributed by atoms with E-state index in [9.17, 15) is 18.0 Å². The molecule has 1 saturated heterocycles. The van der Waals surface area contributed by atoms with Crippen molar-refractivity contribution in [1.29, 1.82) is 0 Å². The van der Waals surface area contributed by atoms with Crippen molar-refractivity contribution < 1.29 is 41.7 Å². The minimum atomic E-state index is -3.84. The molecule has 0 unspecified atom stereocenters. The summed E-state index contributed by atoms with van der Waals surface area (Å²) in [5.41, 5.74) is 4.83. The van der Waals surface area contributed by atoms with Gasteiger partial charge in [-0.3, -0.25) is 9.59 Å². The van der Waals surface area contributed by atoms with Crippen molar-refractivity contribution in [2.45, 2.75) is 49.7 Å². The van der Waals surface area contributed by atoms with Crippen LogP contribution in [-0.2, 0) is 32.5 Å². The summed E-state index contributed by atoms with van der Waals surface area (Å²) in [6, 6.07) is 25.6. The molecule has 57 heavy (non-hydrogen) atoms. The number of fused-ring (bicyclic) bond motifs is 5. The molecule has 3 aliphatic heterocycles. The number of aromatic nitrogens is 1. The Morgan fingerprint density at radius 3 is 2.44 bits per heavy atom. The van der Waals surface area contributed by atoms with E-state index in [2.05, 4.69) is 16.4 Å². The minimum absolute atomic E-state index is 0.00411. The fourth-order valence-corrected chi connectivity index (χ4v) is 8.39. The number of nitrogens with zero attached hydrogens (tertiary/aromatic N) is 2. The molecule has 3 atom stereocenters. The fraction of sp³-hybridized carbons (Fsp3) is 0.333. The largest absolute Gasteiger partial charge is 0.495 e. The molecule has 1 fully saturated rings. The van der Waals surface area contributed by atoms with E-state index in [0.717, 1.165) is 39.0 Å². The SMILES string of the molecule is CCOc1ccccc1OCCN[C@H](C)Cc1ccc(OC)c(S(N)(=O)=O)c1.CN1CC(=O)N2[C@H](c3ccc4c(c3)OCO4)c3[nH]c4ccccc4c3C[C@@H]2C1=O. The average molecular weight is 798 g/mol. The van der Waals surface area contributed by atoms with E-state index in [-0.39, 0.29) is 47.9 Å². The molecule has 4 aromatic carbocycles. The molecule has 14 nitrogen and oxygen atoms in total. The lowest BCUT2D eigenvalue weighted by Crippen LogP contribution is -2.62. The van der Waals surface area contributed by atoms with Crippen molar-refractivity contribution in [2.75, 3.05) is 47.3 Å². The maximum absolute atomic E-state index is 13.1. The Morgan fingerprint density at radius 2 is 1.68 bits per heavy atom. The highest BCUT2D eigenvalue weighted by molar-refractivity contribution is 7.89. The number of para-hydroxylation sites is 3. The lowest BCUT2D eigenvalue weighted by Gasteiger charge is -2.46. The van der Waals surface area contributed by atoms with Crippen LogP contribution in [0.5, 0.6) is 28.7 Å². The van der Waals surface area contributed by atoms with Crippen LogP contribution < -0.4 is 34.1 Å². The van der Waals surface area contributed by atoms with Gasteiger partial charge in [0, 0.05) is 42.7 Å². The monoisotopic (exact) mass is 797 g/mol. The van der Waals surface area contributed by atoms with E-state index in [1.807, 2.05) is 80.6 Å². The number of hydrogen-bond donors (Lipinski definition) is 3. The predicted octanol–water partition coefficient (Wildman–Crippen LogP) is 4.55. The summed E-state index contributed by atoms with van der Waals surface area (Å²) in [7, 11) is -0.735. The van der Waals surface area contributed by atoms with Gasteiger partial charge in [-0.25, -0.2) is 13.6 Å². The van der Waals surface area contributed by atoms with E-state index in [1.165, 1.54) is 12.0 Å². The number of carbonyl (C=O) groups excluding carboxylic acids is 2. The Hall–Kier alpha value is -5.77. The second-order valence-electron chi connectivity index (χ2n) is 14.1. The number of rotatable bonds is 12. The molecular formula is C42H47N5O9S. The Balaban J connectivity index is 0.000000174. The van der Waals surface area contributed by atoms with Gasteiger partial charge in [-0.15, -0.1) is 0 Å². The van der Waals surface area contributed by atoms with Gasteiger partial charge in [0.05, 0.1) is 26.3 Å². The summed E-state index contributed by atoms with van der Waals surface area (Å²) in [6.45, 7) is 5.94. The van der Waals surface area contributed by atoms with E-state index in [0.29, 0.717) is 49.8 Å². The molecule has 0 radical (unpaired) electrons. The normalized spacial score (nSPS) is 17.7. The molecule has 3 aliphatic rings. The van der Waals surface area contributed by atoms with Crippen LogP contribution in [0.25, 0.3) is 10.9 Å². The van der Waals surface area contributed by atoms with Crippen molar-refractivity contribution in [1.82, 2.24) is 20.1 Å². The zero-order valence-electron chi connectivity index (χ0n) is 32.3. The summed E-state index contributed by atoms with van der Waals surface area (Å²) in [6.07, 6.45) is 1.15. The second-order valence-corrected chi connectivity index (χ2v) is 15.6. The van der Waals surface area contributed by atoms with Crippen molar-refractivity contribution >= 4 is 32.7 Å². The van der Waals surface area contributed by atoms with Gasteiger partial charge < -0.3 is 43.8 Å². The van der Waals surface area contributed by atoms with Gasteiger partial charge in [-0.2, -0.15) is 0 Å². The summed E-state index contributed by atoms with van der Waals surface area (Å²) in [5.74, 6) is 2.97.